The molecular weight excluding hydrogens is 281 g/mol. The van der Waals surface area contributed by atoms with Crippen molar-refractivity contribution in [2.24, 2.45) is 17.7 Å². The van der Waals surface area contributed by atoms with Gasteiger partial charge in [-0.05, 0) is 25.2 Å². The third-order valence-electron chi connectivity index (χ3n) is 3.77. The number of rotatable bonds is 5. The summed E-state index contributed by atoms with van der Waals surface area (Å²) in [6.45, 7) is 0. The fourth-order valence-corrected chi connectivity index (χ4v) is 3.49. The number of sulfone groups is 1. The molecule has 3 N–H and O–H groups in total. The van der Waals surface area contributed by atoms with Gasteiger partial charge in [0.1, 0.15) is 9.84 Å². The maximum atomic E-state index is 13.0. The van der Waals surface area contributed by atoms with Crippen LogP contribution in [0.25, 0.3) is 0 Å². The summed E-state index contributed by atoms with van der Waals surface area (Å²) in [4.78, 5) is 0. The standard InChI is InChI=1S/C11H21F3N2O2S/c1-19(17,18)7-6-10(16-15)8-4-2-3-5-9(8)11(12,13)14/h8-10,16H,2-7,15H2,1H3. The summed E-state index contributed by atoms with van der Waals surface area (Å²) in [5.41, 5.74) is 2.38. The van der Waals surface area contributed by atoms with Gasteiger partial charge < -0.3 is 0 Å². The van der Waals surface area contributed by atoms with Crippen LogP contribution in [0.15, 0.2) is 0 Å². The Balaban J connectivity index is 2.76. The normalized spacial score (nSPS) is 27.2. The lowest BCUT2D eigenvalue weighted by Crippen LogP contribution is -2.48. The molecule has 0 aromatic heterocycles. The molecule has 1 aliphatic carbocycles. The predicted molar refractivity (Wildman–Crippen MR) is 66.9 cm³/mol. The Morgan fingerprint density at radius 3 is 2.37 bits per heavy atom. The maximum Gasteiger partial charge on any atom is 0.392 e. The molecule has 1 saturated carbocycles. The molecule has 0 aromatic rings. The van der Waals surface area contributed by atoms with E-state index >= 15 is 0 Å². The van der Waals surface area contributed by atoms with Crippen LogP contribution in [0.3, 0.4) is 0 Å². The van der Waals surface area contributed by atoms with E-state index in [4.69, 9.17) is 5.84 Å². The first kappa shape index (κ1) is 16.7. The topological polar surface area (TPSA) is 72.2 Å². The first-order chi connectivity index (χ1) is 8.65. The lowest BCUT2D eigenvalue weighted by atomic mass is 9.74. The van der Waals surface area contributed by atoms with Crippen molar-refractivity contribution in [1.29, 1.82) is 0 Å². The molecule has 0 bridgehead atoms. The summed E-state index contributed by atoms with van der Waals surface area (Å²) in [6, 6.07) is -0.610. The Hall–Kier alpha value is -0.340. The van der Waals surface area contributed by atoms with Crippen LogP contribution in [0.5, 0.6) is 0 Å². The van der Waals surface area contributed by atoms with E-state index in [2.05, 4.69) is 5.43 Å². The summed E-state index contributed by atoms with van der Waals surface area (Å²) in [5, 5.41) is 0. The molecule has 8 heteroatoms. The average Bonchev–Trinajstić information content (AvgIpc) is 2.27. The highest BCUT2D eigenvalue weighted by atomic mass is 32.2. The van der Waals surface area contributed by atoms with Crippen LogP contribution < -0.4 is 11.3 Å². The van der Waals surface area contributed by atoms with E-state index in [-0.39, 0.29) is 18.6 Å². The van der Waals surface area contributed by atoms with Gasteiger partial charge in [-0.1, -0.05) is 12.8 Å². The third kappa shape index (κ3) is 5.27. The van der Waals surface area contributed by atoms with Gasteiger partial charge in [0.25, 0.3) is 0 Å². The molecule has 0 heterocycles. The first-order valence-corrected chi connectivity index (χ1v) is 8.42. The zero-order chi connectivity index (χ0) is 14.7. The number of hydrogen-bond acceptors (Lipinski definition) is 4. The smallest absolute Gasteiger partial charge is 0.271 e. The number of alkyl halides is 3. The number of hydrazine groups is 1. The first-order valence-electron chi connectivity index (χ1n) is 6.35. The van der Waals surface area contributed by atoms with Crippen LogP contribution in [0.2, 0.25) is 0 Å². The Bertz CT molecular complexity index is 384. The zero-order valence-corrected chi connectivity index (χ0v) is 11.7. The lowest BCUT2D eigenvalue weighted by Gasteiger charge is -2.37. The molecule has 4 nitrogen and oxygen atoms in total. The summed E-state index contributed by atoms with van der Waals surface area (Å²) in [7, 11) is -3.20. The van der Waals surface area contributed by atoms with Crippen LogP contribution in [0.1, 0.15) is 32.1 Å². The van der Waals surface area contributed by atoms with Gasteiger partial charge in [-0.2, -0.15) is 13.2 Å². The number of nitrogens with one attached hydrogen (secondary N) is 1. The number of hydrogen-bond donors (Lipinski definition) is 2. The van der Waals surface area contributed by atoms with Crippen molar-refractivity contribution in [3.05, 3.63) is 0 Å². The van der Waals surface area contributed by atoms with E-state index in [1.54, 1.807) is 0 Å². The molecule has 0 aromatic carbocycles. The van der Waals surface area contributed by atoms with Gasteiger partial charge in [-0.25, -0.2) is 8.42 Å². The minimum absolute atomic E-state index is 0.102. The largest absolute Gasteiger partial charge is 0.392 e. The van der Waals surface area contributed by atoms with Crippen molar-refractivity contribution in [3.63, 3.8) is 0 Å². The Labute approximate surface area is 111 Å². The van der Waals surface area contributed by atoms with E-state index in [0.29, 0.717) is 12.8 Å². The molecule has 0 aliphatic heterocycles. The van der Waals surface area contributed by atoms with Crippen molar-refractivity contribution < 1.29 is 21.6 Å². The Kier molecular flexibility index (Phi) is 5.64. The molecule has 114 valence electrons. The molecule has 3 unspecified atom stereocenters. The molecule has 0 radical (unpaired) electrons. The quantitative estimate of drug-likeness (QED) is 0.598. The van der Waals surface area contributed by atoms with E-state index < -0.39 is 33.9 Å². The van der Waals surface area contributed by atoms with Crippen molar-refractivity contribution in [1.82, 2.24) is 5.43 Å². The molecule has 1 aliphatic rings. The molecule has 3 atom stereocenters. The third-order valence-corrected chi connectivity index (χ3v) is 4.75. The van der Waals surface area contributed by atoms with Crippen molar-refractivity contribution in [2.45, 2.75) is 44.3 Å². The van der Waals surface area contributed by atoms with Crippen LogP contribution in [-0.4, -0.2) is 32.6 Å². The summed E-state index contributed by atoms with van der Waals surface area (Å²) in [5.74, 6) is 3.15. The van der Waals surface area contributed by atoms with Crippen LogP contribution in [0, 0.1) is 11.8 Å². The van der Waals surface area contributed by atoms with Crippen molar-refractivity contribution in [2.75, 3.05) is 12.0 Å². The van der Waals surface area contributed by atoms with Gasteiger partial charge in [0, 0.05) is 12.3 Å². The highest BCUT2D eigenvalue weighted by Crippen LogP contribution is 2.43. The summed E-state index contributed by atoms with van der Waals surface area (Å²) < 4.78 is 61.2. The minimum atomic E-state index is -4.24. The van der Waals surface area contributed by atoms with Crippen LogP contribution >= 0.6 is 0 Å². The van der Waals surface area contributed by atoms with Crippen LogP contribution in [-0.2, 0) is 9.84 Å². The van der Waals surface area contributed by atoms with Gasteiger partial charge in [-0.3, -0.25) is 11.3 Å². The van der Waals surface area contributed by atoms with E-state index in [9.17, 15) is 21.6 Å². The second-order valence-electron chi connectivity index (χ2n) is 5.29. The minimum Gasteiger partial charge on any atom is -0.271 e. The second kappa shape index (κ2) is 6.41. The monoisotopic (exact) mass is 302 g/mol. The maximum absolute atomic E-state index is 13.0. The molecule has 1 fully saturated rings. The summed E-state index contributed by atoms with van der Waals surface area (Å²) >= 11 is 0. The molecule has 0 spiro atoms. The number of nitrogens with two attached hydrogens (primary N) is 1. The van der Waals surface area contributed by atoms with Gasteiger partial charge in [0.05, 0.1) is 11.7 Å². The predicted octanol–water partition coefficient (Wildman–Crippen LogP) is 1.62. The zero-order valence-electron chi connectivity index (χ0n) is 10.9. The summed E-state index contributed by atoms with van der Waals surface area (Å²) in [6.07, 6.45) is -1.23. The second-order valence-corrected chi connectivity index (χ2v) is 7.55. The SMILES string of the molecule is CS(=O)(=O)CCC(NN)C1CCCCC1C(F)(F)F. The lowest BCUT2D eigenvalue weighted by molar-refractivity contribution is -0.199. The van der Waals surface area contributed by atoms with E-state index in [0.717, 1.165) is 12.7 Å². The fourth-order valence-electron chi connectivity index (χ4n) is 2.81. The molecule has 0 amide bonds. The Morgan fingerprint density at radius 2 is 1.89 bits per heavy atom. The van der Waals surface area contributed by atoms with Gasteiger partial charge in [0.2, 0.25) is 0 Å². The molecule has 0 saturated heterocycles. The van der Waals surface area contributed by atoms with Crippen molar-refractivity contribution >= 4 is 9.84 Å². The number of halogens is 3. The highest BCUT2D eigenvalue weighted by molar-refractivity contribution is 7.90. The molecular formula is C11H21F3N2O2S. The molecule has 1 rings (SSSR count). The molecule has 19 heavy (non-hydrogen) atoms. The van der Waals surface area contributed by atoms with Crippen LogP contribution in [0.4, 0.5) is 13.2 Å². The van der Waals surface area contributed by atoms with Gasteiger partial charge in [-0.15, -0.1) is 0 Å². The van der Waals surface area contributed by atoms with E-state index in [1.165, 1.54) is 0 Å². The highest BCUT2D eigenvalue weighted by Gasteiger charge is 2.47. The Morgan fingerprint density at radius 1 is 1.32 bits per heavy atom. The van der Waals surface area contributed by atoms with E-state index in [1.807, 2.05) is 0 Å². The van der Waals surface area contributed by atoms with Crippen molar-refractivity contribution in [3.8, 4) is 0 Å². The fraction of sp³-hybridized carbons (Fsp3) is 1.00. The average molecular weight is 302 g/mol. The van der Waals surface area contributed by atoms with Gasteiger partial charge >= 0.3 is 6.18 Å². The van der Waals surface area contributed by atoms with Gasteiger partial charge in [0.15, 0.2) is 0 Å².